The van der Waals surface area contributed by atoms with E-state index in [0.717, 1.165) is 23.0 Å². The number of aromatic amines is 1. The molecule has 0 aliphatic heterocycles. The topological polar surface area (TPSA) is 86.9 Å². The average molecular weight is 399 g/mol. The van der Waals surface area contributed by atoms with Gasteiger partial charge in [-0.25, -0.2) is 4.98 Å². The van der Waals surface area contributed by atoms with Crippen LogP contribution in [-0.2, 0) is 16.0 Å². The number of fused-ring (bicyclic) bond motifs is 1. The van der Waals surface area contributed by atoms with Gasteiger partial charge in [-0.1, -0.05) is 56.1 Å². The average Bonchev–Trinajstić information content (AvgIpc) is 3.09. The Labute approximate surface area is 168 Å². The largest absolute Gasteiger partial charge is 0.344 e. The number of nitrogens with zero attached hydrogens (tertiary/aromatic N) is 1. The monoisotopic (exact) mass is 398 g/mol. The third kappa shape index (κ3) is 4.89. The van der Waals surface area contributed by atoms with Crippen molar-refractivity contribution in [3.05, 3.63) is 59.1 Å². The first-order chi connectivity index (χ1) is 13.5. The number of anilines is 1. The van der Waals surface area contributed by atoms with Crippen LogP contribution in [0.5, 0.6) is 0 Å². The Bertz CT molecular complexity index is 935. The Hall–Kier alpha value is -2.86. The van der Waals surface area contributed by atoms with Crippen LogP contribution in [0.1, 0.15) is 25.8 Å². The minimum Gasteiger partial charge on any atom is -0.344 e. The molecule has 1 heterocycles. The highest BCUT2D eigenvalue weighted by atomic mass is 35.5. The van der Waals surface area contributed by atoms with Crippen molar-refractivity contribution >= 4 is 40.4 Å². The Morgan fingerprint density at radius 3 is 2.54 bits per heavy atom. The van der Waals surface area contributed by atoms with Crippen molar-refractivity contribution in [2.24, 2.45) is 5.92 Å². The lowest BCUT2D eigenvalue weighted by atomic mass is 9.98. The summed E-state index contributed by atoms with van der Waals surface area (Å²) in [6, 6.07) is 14.0. The first-order valence-electron chi connectivity index (χ1n) is 9.25. The van der Waals surface area contributed by atoms with Gasteiger partial charge in [-0.15, -0.1) is 0 Å². The summed E-state index contributed by atoms with van der Waals surface area (Å²) < 4.78 is 0. The van der Waals surface area contributed by atoms with Gasteiger partial charge in [-0.3, -0.25) is 14.9 Å². The summed E-state index contributed by atoms with van der Waals surface area (Å²) in [5.41, 5.74) is 2.44. The van der Waals surface area contributed by atoms with Gasteiger partial charge < -0.3 is 10.3 Å². The van der Waals surface area contributed by atoms with Crippen molar-refractivity contribution in [3.8, 4) is 0 Å². The van der Waals surface area contributed by atoms with Crippen molar-refractivity contribution in [3.63, 3.8) is 0 Å². The van der Waals surface area contributed by atoms with E-state index in [1.54, 1.807) is 24.3 Å². The molecule has 0 aliphatic rings. The SMILES string of the molecule is CC[C@@H](C)[C@H](NC(=O)Cc1ccc(Cl)cc1)C(=O)Nc1nc2ccccc2[nH]1. The van der Waals surface area contributed by atoms with Crippen LogP contribution in [-0.4, -0.2) is 27.8 Å². The van der Waals surface area contributed by atoms with Crippen molar-refractivity contribution < 1.29 is 9.59 Å². The molecule has 2 amide bonds. The van der Waals surface area contributed by atoms with Crippen LogP contribution in [0.4, 0.5) is 5.95 Å². The van der Waals surface area contributed by atoms with E-state index in [1.165, 1.54) is 0 Å². The van der Waals surface area contributed by atoms with E-state index in [0.29, 0.717) is 11.0 Å². The fraction of sp³-hybridized carbons (Fsp3) is 0.286. The maximum atomic E-state index is 12.8. The van der Waals surface area contributed by atoms with E-state index in [1.807, 2.05) is 38.1 Å². The fourth-order valence-corrected chi connectivity index (χ4v) is 3.05. The first kappa shape index (κ1) is 19.9. The molecule has 0 aliphatic carbocycles. The molecule has 28 heavy (non-hydrogen) atoms. The molecule has 2 atom stereocenters. The lowest BCUT2D eigenvalue weighted by Crippen LogP contribution is -2.48. The molecule has 0 bridgehead atoms. The molecule has 3 aromatic rings. The second-order valence-corrected chi connectivity index (χ2v) is 7.26. The van der Waals surface area contributed by atoms with Crippen molar-refractivity contribution in [1.29, 1.82) is 0 Å². The second-order valence-electron chi connectivity index (χ2n) is 6.83. The molecule has 0 saturated heterocycles. The number of benzene rings is 2. The van der Waals surface area contributed by atoms with Crippen molar-refractivity contribution in [2.75, 3.05) is 5.32 Å². The molecule has 3 rings (SSSR count). The number of carbonyl (C=O) groups is 2. The summed E-state index contributed by atoms with van der Waals surface area (Å²) in [6.45, 7) is 3.92. The van der Waals surface area contributed by atoms with E-state index >= 15 is 0 Å². The van der Waals surface area contributed by atoms with E-state index in [-0.39, 0.29) is 24.2 Å². The smallest absolute Gasteiger partial charge is 0.249 e. The normalized spacial score (nSPS) is 13.1. The number of hydrogen-bond donors (Lipinski definition) is 3. The van der Waals surface area contributed by atoms with E-state index in [4.69, 9.17) is 11.6 Å². The zero-order valence-corrected chi connectivity index (χ0v) is 16.6. The molecule has 3 N–H and O–H groups in total. The molecule has 146 valence electrons. The molecule has 1 aromatic heterocycles. The molecule has 6 nitrogen and oxygen atoms in total. The second kappa shape index (κ2) is 8.89. The number of imidazole rings is 1. The Kier molecular flexibility index (Phi) is 6.31. The minimum atomic E-state index is -0.655. The van der Waals surface area contributed by atoms with E-state index < -0.39 is 6.04 Å². The number of para-hydroxylation sites is 2. The summed E-state index contributed by atoms with van der Waals surface area (Å²) in [6.07, 6.45) is 0.932. The van der Waals surface area contributed by atoms with Gasteiger partial charge in [0.05, 0.1) is 17.5 Å². The summed E-state index contributed by atoms with van der Waals surface area (Å²) in [4.78, 5) is 32.7. The summed E-state index contributed by atoms with van der Waals surface area (Å²) in [7, 11) is 0. The van der Waals surface area contributed by atoms with Crippen LogP contribution in [0.25, 0.3) is 11.0 Å². The van der Waals surface area contributed by atoms with Crippen LogP contribution in [0, 0.1) is 5.92 Å². The zero-order valence-electron chi connectivity index (χ0n) is 15.8. The third-order valence-corrected chi connectivity index (χ3v) is 4.97. The van der Waals surface area contributed by atoms with E-state index in [2.05, 4.69) is 20.6 Å². The standard InChI is InChI=1S/C21H23ClN4O2/c1-3-13(2)19(25-18(27)12-14-8-10-15(22)11-9-14)20(28)26-21-23-16-6-4-5-7-17(16)24-21/h4-11,13,19H,3,12H2,1-2H3,(H,25,27)(H2,23,24,26,28)/t13-,19+/m1/s1. The van der Waals surface area contributed by atoms with Gasteiger partial charge in [-0.2, -0.15) is 0 Å². The summed E-state index contributed by atoms with van der Waals surface area (Å²) in [5, 5.41) is 6.26. The van der Waals surface area contributed by atoms with Gasteiger partial charge in [0.2, 0.25) is 17.8 Å². The van der Waals surface area contributed by atoms with Crippen molar-refractivity contribution in [2.45, 2.75) is 32.7 Å². The van der Waals surface area contributed by atoms with Crippen LogP contribution < -0.4 is 10.6 Å². The van der Waals surface area contributed by atoms with Crippen LogP contribution in [0.3, 0.4) is 0 Å². The lowest BCUT2D eigenvalue weighted by Gasteiger charge is -2.23. The Balaban J connectivity index is 1.68. The molecule has 0 radical (unpaired) electrons. The highest BCUT2D eigenvalue weighted by Crippen LogP contribution is 2.16. The number of hydrogen-bond acceptors (Lipinski definition) is 3. The lowest BCUT2D eigenvalue weighted by molar-refractivity contribution is -0.127. The molecule has 2 aromatic carbocycles. The molecule has 7 heteroatoms. The molecule has 0 fully saturated rings. The van der Waals surface area contributed by atoms with Gasteiger partial charge in [-0.05, 0) is 35.7 Å². The van der Waals surface area contributed by atoms with Crippen LogP contribution in [0.2, 0.25) is 5.02 Å². The number of rotatable bonds is 7. The number of nitrogens with one attached hydrogen (secondary N) is 3. The molecule has 0 unspecified atom stereocenters. The van der Waals surface area contributed by atoms with E-state index in [9.17, 15) is 9.59 Å². The maximum absolute atomic E-state index is 12.8. The predicted molar refractivity (Wildman–Crippen MR) is 111 cm³/mol. The quantitative estimate of drug-likeness (QED) is 0.563. The molecule has 0 spiro atoms. The van der Waals surface area contributed by atoms with Gasteiger partial charge in [0.1, 0.15) is 6.04 Å². The molecule has 0 saturated carbocycles. The fourth-order valence-electron chi connectivity index (χ4n) is 2.92. The highest BCUT2D eigenvalue weighted by Gasteiger charge is 2.26. The van der Waals surface area contributed by atoms with Gasteiger partial charge in [0, 0.05) is 5.02 Å². The number of amides is 2. The highest BCUT2D eigenvalue weighted by molar-refractivity contribution is 6.30. The Morgan fingerprint density at radius 2 is 1.86 bits per heavy atom. The minimum absolute atomic E-state index is 0.0291. The molecular weight excluding hydrogens is 376 g/mol. The maximum Gasteiger partial charge on any atom is 0.249 e. The number of halogens is 1. The van der Waals surface area contributed by atoms with Gasteiger partial charge in [0.25, 0.3) is 0 Å². The van der Waals surface area contributed by atoms with Gasteiger partial charge >= 0.3 is 0 Å². The van der Waals surface area contributed by atoms with Gasteiger partial charge in [0.15, 0.2) is 0 Å². The Morgan fingerprint density at radius 1 is 1.14 bits per heavy atom. The third-order valence-electron chi connectivity index (χ3n) is 4.72. The summed E-state index contributed by atoms with van der Waals surface area (Å²) in [5.74, 6) is -0.171. The summed E-state index contributed by atoms with van der Waals surface area (Å²) >= 11 is 5.88. The first-order valence-corrected chi connectivity index (χ1v) is 9.63. The number of carbonyl (C=O) groups excluding carboxylic acids is 2. The molecular formula is C21H23ClN4O2. The number of H-pyrrole nitrogens is 1. The zero-order chi connectivity index (χ0) is 20.1. The predicted octanol–water partition coefficient (Wildman–Crippen LogP) is 3.93. The van der Waals surface area contributed by atoms with Crippen LogP contribution >= 0.6 is 11.6 Å². The number of aromatic nitrogens is 2. The van der Waals surface area contributed by atoms with Crippen molar-refractivity contribution in [1.82, 2.24) is 15.3 Å². The van der Waals surface area contributed by atoms with Crippen LogP contribution in [0.15, 0.2) is 48.5 Å².